The Morgan fingerprint density at radius 3 is 0.727 bits per heavy atom. The molecule has 0 nitrogen and oxygen atoms in total. The van der Waals surface area contributed by atoms with E-state index in [2.05, 4.69) is 11.6 Å². The summed E-state index contributed by atoms with van der Waals surface area (Å²) in [5.74, 6) is -6.82. The Kier molecular flexibility index (Phi) is 22.5. The van der Waals surface area contributed by atoms with Crippen molar-refractivity contribution < 1.29 is 74.2 Å². The van der Waals surface area contributed by atoms with Crippen molar-refractivity contribution >= 4 is 69.6 Å². The summed E-state index contributed by atoms with van der Waals surface area (Å²) in [7, 11) is 0. The van der Waals surface area contributed by atoms with Gasteiger partial charge in [-0.2, -0.15) is 48.3 Å². The molecule has 0 N–H and O–H groups in total. The lowest BCUT2D eigenvalue weighted by molar-refractivity contribution is -0.273. The lowest BCUT2D eigenvalue weighted by Gasteiger charge is -2.21. The van der Waals surface area contributed by atoms with Gasteiger partial charge in [0.05, 0.1) is 0 Å². The van der Waals surface area contributed by atoms with Gasteiger partial charge in [0.15, 0.2) is 10.2 Å². The standard InChI is InChI=1S/C3H3Cl5.C3H3ClF4.C3H3F5.C3H2F4.ClH.FH/c3*1-2(4,5)3(6,7)8;1-2(4)3(5,6)7;;/h3*1H3;1H2;2*1H/p-2. The second kappa shape index (κ2) is 15.8. The van der Waals surface area contributed by atoms with E-state index in [4.69, 9.17) is 58.0 Å². The first-order chi connectivity index (χ1) is 12.7. The van der Waals surface area contributed by atoms with Gasteiger partial charge in [-0.25, -0.2) is 8.78 Å². The summed E-state index contributed by atoms with van der Waals surface area (Å²) >= 11 is 30.8. The van der Waals surface area contributed by atoms with Crippen molar-refractivity contribution in [3.63, 3.8) is 0 Å². The lowest BCUT2D eigenvalue weighted by Crippen LogP contribution is -3.00. The highest BCUT2D eigenvalue weighted by atomic mass is 35.6. The number of hydrogen-bond donors (Lipinski definition) is 0. The Labute approximate surface area is 214 Å². The van der Waals surface area contributed by atoms with Crippen LogP contribution in [0.1, 0.15) is 20.8 Å². The predicted octanol–water partition coefficient (Wildman–Crippen LogP) is 4.27. The summed E-state index contributed by atoms with van der Waals surface area (Å²) in [5.41, 5.74) is 0. The highest BCUT2D eigenvalue weighted by Crippen LogP contribution is 2.45. The molecule has 0 bridgehead atoms. The molecule has 21 heteroatoms. The highest BCUT2D eigenvalue weighted by Gasteiger charge is 2.53. The minimum Gasteiger partial charge on any atom is -1.00 e. The lowest BCUT2D eigenvalue weighted by atomic mass is 10.4. The molecule has 0 saturated heterocycles. The fourth-order valence-electron chi connectivity index (χ4n) is 0. The minimum atomic E-state index is -5.40. The van der Waals surface area contributed by atoms with Gasteiger partial charge in [-0.1, -0.05) is 76.2 Å². The second-order valence-corrected chi connectivity index (χ2v) is 9.76. The molecule has 0 amide bonds. The molecule has 0 aromatic carbocycles. The van der Waals surface area contributed by atoms with E-state index >= 15 is 0 Å². The van der Waals surface area contributed by atoms with Gasteiger partial charge in [-0.15, -0.1) is 0 Å². The maximum Gasteiger partial charge on any atom is 0.452 e. The van der Waals surface area contributed by atoms with Crippen molar-refractivity contribution in [2.24, 2.45) is 0 Å². The van der Waals surface area contributed by atoms with Crippen LogP contribution >= 0.6 is 69.6 Å². The Hall–Kier alpha value is 0.790. The van der Waals surface area contributed by atoms with E-state index in [0.717, 1.165) is 0 Å². The van der Waals surface area contributed by atoms with E-state index in [0.29, 0.717) is 0 Å². The highest BCUT2D eigenvalue weighted by molar-refractivity contribution is 6.75. The summed E-state index contributed by atoms with van der Waals surface area (Å²) in [4.78, 5) is 0. The normalized spacial score (nSPS) is 14.2. The average Bonchev–Trinajstić information content (AvgIpc) is 2.31. The quantitative estimate of drug-likeness (QED) is 0.267. The van der Waals surface area contributed by atoms with Crippen molar-refractivity contribution in [2.75, 3.05) is 0 Å². The van der Waals surface area contributed by atoms with E-state index in [1.807, 2.05) is 6.58 Å². The number of allylic oxidation sites excluding steroid dienone is 1. The molecule has 0 heterocycles. The second-order valence-electron chi connectivity index (χ2n) is 5.06. The maximum atomic E-state index is 11.5. The number of alkyl halides is 18. The molecular weight excluding hydrogens is 658 g/mol. The molecule has 0 rings (SSSR count). The van der Waals surface area contributed by atoms with Gasteiger partial charge in [0, 0.05) is 6.92 Å². The van der Waals surface area contributed by atoms with Gasteiger partial charge in [-0.3, -0.25) is 0 Å². The molecule has 208 valence electrons. The van der Waals surface area contributed by atoms with Crippen molar-refractivity contribution in [1.29, 1.82) is 0 Å². The molecular formula is C12H11Cl7F14-2. The molecule has 0 radical (unpaired) electrons. The van der Waals surface area contributed by atoms with E-state index in [9.17, 15) is 57.1 Å². The predicted molar refractivity (Wildman–Crippen MR) is 94.8 cm³/mol. The summed E-state index contributed by atoms with van der Waals surface area (Å²) in [6.45, 7) is 3.50. The third-order valence-electron chi connectivity index (χ3n) is 1.80. The van der Waals surface area contributed by atoms with Crippen molar-refractivity contribution in [3.8, 4) is 0 Å². The maximum absolute atomic E-state index is 11.5. The summed E-state index contributed by atoms with van der Waals surface area (Å²) < 4.78 is 139. The van der Waals surface area contributed by atoms with Gasteiger partial charge >= 0.3 is 24.5 Å². The van der Waals surface area contributed by atoms with Crippen LogP contribution in [0.3, 0.4) is 0 Å². The molecule has 1 atom stereocenters. The number of hydrogen-bond acceptors (Lipinski definition) is 0. The van der Waals surface area contributed by atoms with Crippen LogP contribution in [0.15, 0.2) is 12.4 Å². The largest absolute Gasteiger partial charge is 1.00 e. The van der Waals surface area contributed by atoms with E-state index in [1.165, 1.54) is 6.92 Å². The Bertz CT molecular complexity index is 423. The third-order valence-corrected chi connectivity index (χ3v) is 4.30. The van der Waals surface area contributed by atoms with Gasteiger partial charge in [0.25, 0.3) is 5.13 Å². The van der Waals surface area contributed by atoms with Gasteiger partial charge in [0.1, 0.15) is 0 Å². The summed E-state index contributed by atoms with van der Waals surface area (Å²) in [6, 6.07) is 0. The smallest absolute Gasteiger partial charge is 0.452 e. The fourth-order valence-corrected chi connectivity index (χ4v) is 0. The minimum absolute atomic E-state index is 0. The molecule has 0 aliphatic rings. The van der Waals surface area contributed by atoms with Crippen LogP contribution < -0.4 is 17.1 Å². The molecule has 0 aliphatic carbocycles. The van der Waals surface area contributed by atoms with E-state index in [-0.39, 0.29) is 31.0 Å². The Morgan fingerprint density at radius 2 is 0.727 bits per heavy atom. The van der Waals surface area contributed by atoms with Crippen LogP contribution in [0, 0.1) is 0 Å². The zero-order chi connectivity index (χ0) is 27.1. The topological polar surface area (TPSA) is 0 Å². The Balaban J connectivity index is -0.0000000723. The van der Waals surface area contributed by atoms with Crippen LogP contribution in [0.4, 0.5) is 57.1 Å². The summed E-state index contributed by atoms with van der Waals surface area (Å²) in [5, 5.41) is -3.59. The molecule has 1 unspecified atom stereocenters. The Morgan fingerprint density at radius 1 is 0.606 bits per heavy atom. The molecule has 0 saturated carbocycles. The number of rotatable bonds is 0. The monoisotopic (exact) mass is 666 g/mol. The van der Waals surface area contributed by atoms with Crippen molar-refractivity contribution in [2.45, 2.75) is 58.5 Å². The molecule has 0 spiro atoms. The van der Waals surface area contributed by atoms with Crippen LogP contribution in [-0.4, -0.2) is 37.7 Å². The third kappa shape index (κ3) is 27.2. The van der Waals surface area contributed by atoms with Gasteiger partial charge in [-0.05, 0) is 13.8 Å². The van der Waals surface area contributed by atoms with Crippen LogP contribution in [0.5, 0.6) is 0 Å². The van der Waals surface area contributed by atoms with Crippen molar-refractivity contribution in [1.82, 2.24) is 0 Å². The van der Waals surface area contributed by atoms with Crippen molar-refractivity contribution in [3.05, 3.63) is 12.4 Å². The first-order valence-corrected chi connectivity index (χ1v) is 8.71. The first-order valence-electron chi connectivity index (χ1n) is 6.44. The van der Waals surface area contributed by atoms with Crippen LogP contribution in [0.2, 0.25) is 0 Å². The molecule has 0 aromatic rings. The van der Waals surface area contributed by atoms with E-state index in [1.54, 1.807) is 0 Å². The molecule has 0 aromatic heterocycles. The van der Waals surface area contributed by atoms with Crippen LogP contribution in [-0.2, 0) is 0 Å². The SMILES string of the molecule is C=C(F)C(F)(F)F.CC(Cl)(Cl)C(Cl)(Cl)Cl.CC(F)(Cl)C(F)(F)F.CC(F)(F)C(F)(F)F.[Cl-].[F-]. The van der Waals surface area contributed by atoms with Gasteiger partial charge in [0.2, 0.25) is 3.79 Å². The van der Waals surface area contributed by atoms with Crippen LogP contribution in [0.25, 0.3) is 0 Å². The first kappa shape index (κ1) is 47.0. The summed E-state index contributed by atoms with van der Waals surface area (Å²) in [6.07, 6.45) is -15.2. The zero-order valence-corrected chi connectivity index (χ0v) is 20.9. The number of halogens is 21. The molecule has 0 aliphatic heterocycles. The van der Waals surface area contributed by atoms with Gasteiger partial charge < -0.3 is 17.1 Å². The molecule has 0 fully saturated rings. The molecule has 33 heavy (non-hydrogen) atoms. The average molecular weight is 669 g/mol. The van der Waals surface area contributed by atoms with E-state index < -0.39 is 43.5 Å². The zero-order valence-electron chi connectivity index (χ0n) is 15.6. The fraction of sp³-hybridized carbons (Fsp3) is 0.833.